The predicted octanol–water partition coefficient (Wildman–Crippen LogP) is 3.26. The van der Waals surface area contributed by atoms with Gasteiger partial charge in [-0.05, 0) is 42.2 Å². The SMILES string of the molecule is CSc1ccc(/C=C/C(=O)OCC(=O)N(C)C[C@@H]2COc3ccccc3O2)cc1. The van der Waals surface area contributed by atoms with E-state index >= 15 is 0 Å². The third-order valence-corrected chi connectivity index (χ3v) is 5.08. The number of likely N-dealkylation sites (N-methyl/N-ethyl adjacent to an activating group) is 1. The number of hydrogen-bond acceptors (Lipinski definition) is 6. The number of nitrogens with zero attached hydrogens (tertiary/aromatic N) is 1. The van der Waals surface area contributed by atoms with Crippen molar-refractivity contribution in [2.45, 2.75) is 11.0 Å². The van der Waals surface area contributed by atoms with Crippen LogP contribution in [0.25, 0.3) is 6.08 Å². The number of carbonyl (C=O) groups is 2. The number of fused-ring (bicyclic) bond motifs is 1. The van der Waals surface area contributed by atoms with Crippen LogP contribution in [0, 0.1) is 0 Å². The second-order valence-electron chi connectivity index (χ2n) is 6.49. The zero-order valence-corrected chi connectivity index (χ0v) is 17.2. The first kappa shape index (κ1) is 20.8. The van der Waals surface area contributed by atoms with Crippen molar-refractivity contribution in [3.05, 3.63) is 60.2 Å². The molecule has 0 unspecified atom stereocenters. The highest BCUT2D eigenvalue weighted by atomic mass is 32.2. The molecule has 2 aromatic rings. The smallest absolute Gasteiger partial charge is 0.331 e. The topological polar surface area (TPSA) is 65.1 Å². The molecular formula is C22H23NO5S. The lowest BCUT2D eigenvalue weighted by Gasteiger charge is -2.29. The Morgan fingerprint density at radius 3 is 2.62 bits per heavy atom. The highest BCUT2D eigenvalue weighted by Crippen LogP contribution is 2.30. The minimum absolute atomic E-state index is 0.279. The van der Waals surface area contributed by atoms with Crippen LogP contribution < -0.4 is 9.47 Å². The molecule has 1 atom stereocenters. The van der Waals surface area contributed by atoms with Crippen molar-refractivity contribution < 1.29 is 23.8 Å². The lowest BCUT2D eigenvalue weighted by Crippen LogP contribution is -2.43. The number of benzene rings is 2. The zero-order chi connectivity index (χ0) is 20.6. The number of rotatable bonds is 7. The van der Waals surface area contributed by atoms with Gasteiger partial charge in [-0.2, -0.15) is 0 Å². The van der Waals surface area contributed by atoms with Gasteiger partial charge >= 0.3 is 5.97 Å². The van der Waals surface area contributed by atoms with E-state index in [4.69, 9.17) is 14.2 Å². The molecule has 0 spiro atoms. The first-order valence-corrected chi connectivity index (χ1v) is 10.4. The molecule has 2 aromatic carbocycles. The molecule has 3 rings (SSSR count). The average Bonchev–Trinajstić information content (AvgIpc) is 2.76. The van der Waals surface area contributed by atoms with E-state index in [1.807, 2.05) is 54.8 Å². The maximum Gasteiger partial charge on any atom is 0.331 e. The summed E-state index contributed by atoms with van der Waals surface area (Å²) in [5.74, 6) is 0.485. The minimum atomic E-state index is -0.563. The summed E-state index contributed by atoms with van der Waals surface area (Å²) in [6.45, 7) is 0.365. The minimum Gasteiger partial charge on any atom is -0.486 e. The van der Waals surface area contributed by atoms with Crippen LogP contribution in [0.1, 0.15) is 5.56 Å². The molecule has 0 aromatic heterocycles. The Hall–Kier alpha value is -2.93. The molecule has 0 saturated heterocycles. The van der Waals surface area contributed by atoms with Crippen LogP contribution >= 0.6 is 11.8 Å². The van der Waals surface area contributed by atoms with Crippen molar-refractivity contribution in [2.24, 2.45) is 0 Å². The van der Waals surface area contributed by atoms with E-state index in [-0.39, 0.29) is 18.6 Å². The molecule has 1 heterocycles. The van der Waals surface area contributed by atoms with Gasteiger partial charge in [-0.25, -0.2) is 4.79 Å². The Morgan fingerprint density at radius 1 is 1.17 bits per heavy atom. The first-order valence-electron chi connectivity index (χ1n) is 9.16. The van der Waals surface area contributed by atoms with Crippen molar-refractivity contribution in [1.29, 1.82) is 0 Å². The Morgan fingerprint density at radius 2 is 1.90 bits per heavy atom. The third-order valence-electron chi connectivity index (χ3n) is 4.34. The number of hydrogen-bond donors (Lipinski definition) is 0. The number of thioether (sulfide) groups is 1. The summed E-state index contributed by atoms with van der Waals surface area (Å²) in [6.07, 6.45) is 4.70. The number of para-hydroxylation sites is 2. The van der Waals surface area contributed by atoms with E-state index in [0.717, 1.165) is 10.5 Å². The fraction of sp³-hybridized carbons (Fsp3) is 0.273. The predicted molar refractivity (Wildman–Crippen MR) is 112 cm³/mol. The molecule has 6 nitrogen and oxygen atoms in total. The summed E-state index contributed by atoms with van der Waals surface area (Å²) in [5.41, 5.74) is 0.887. The fourth-order valence-electron chi connectivity index (χ4n) is 2.73. The van der Waals surface area contributed by atoms with Gasteiger partial charge in [0.2, 0.25) is 0 Å². The number of esters is 1. The van der Waals surface area contributed by atoms with Crippen LogP contribution in [-0.4, -0.2) is 55.9 Å². The van der Waals surface area contributed by atoms with Crippen LogP contribution in [0.15, 0.2) is 59.5 Å². The number of carbonyl (C=O) groups excluding carboxylic acids is 2. The second kappa shape index (κ2) is 10.0. The van der Waals surface area contributed by atoms with E-state index in [0.29, 0.717) is 24.7 Å². The fourth-order valence-corrected chi connectivity index (χ4v) is 3.14. The highest BCUT2D eigenvalue weighted by molar-refractivity contribution is 7.98. The Bertz CT molecular complexity index is 881. The van der Waals surface area contributed by atoms with Crippen molar-refractivity contribution in [1.82, 2.24) is 4.90 Å². The number of amides is 1. The molecule has 0 fully saturated rings. The largest absolute Gasteiger partial charge is 0.486 e. The van der Waals surface area contributed by atoms with Crippen LogP contribution in [-0.2, 0) is 14.3 Å². The quantitative estimate of drug-likeness (QED) is 0.394. The summed E-state index contributed by atoms with van der Waals surface area (Å²) >= 11 is 1.65. The molecule has 29 heavy (non-hydrogen) atoms. The third kappa shape index (κ3) is 6.02. The van der Waals surface area contributed by atoms with Crippen LogP contribution in [0.2, 0.25) is 0 Å². The normalized spacial score (nSPS) is 15.2. The molecule has 1 amide bonds. The average molecular weight is 413 g/mol. The van der Waals surface area contributed by atoms with Crippen molar-refractivity contribution in [3.8, 4) is 11.5 Å². The van der Waals surface area contributed by atoms with Gasteiger partial charge in [0, 0.05) is 18.0 Å². The van der Waals surface area contributed by atoms with Gasteiger partial charge in [0.15, 0.2) is 24.2 Å². The summed E-state index contributed by atoms with van der Waals surface area (Å²) < 4.78 is 16.5. The molecule has 152 valence electrons. The van der Waals surface area contributed by atoms with E-state index in [1.165, 1.54) is 11.0 Å². The Kier molecular flexibility index (Phi) is 7.19. The maximum atomic E-state index is 12.2. The monoisotopic (exact) mass is 413 g/mol. The molecule has 0 bridgehead atoms. The van der Waals surface area contributed by atoms with Gasteiger partial charge in [-0.3, -0.25) is 4.79 Å². The molecule has 0 N–H and O–H groups in total. The van der Waals surface area contributed by atoms with Crippen LogP contribution in [0.4, 0.5) is 0 Å². The molecule has 1 aliphatic rings. The van der Waals surface area contributed by atoms with Crippen molar-refractivity contribution in [3.63, 3.8) is 0 Å². The second-order valence-corrected chi connectivity index (χ2v) is 7.37. The molecule has 0 radical (unpaired) electrons. The molecule has 7 heteroatoms. The van der Waals surface area contributed by atoms with Crippen molar-refractivity contribution in [2.75, 3.05) is 33.1 Å². The zero-order valence-electron chi connectivity index (χ0n) is 16.4. The maximum absolute atomic E-state index is 12.2. The Labute approximate surface area is 174 Å². The highest BCUT2D eigenvalue weighted by Gasteiger charge is 2.24. The molecule has 0 saturated carbocycles. The summed E-state index contributed by atoms with van der Waals surface area (Å²) in [7, 11) is 1.64. The summed E-state index contributed by atoms with van der Waals surface area (Å²) in [5, 5.41) is 0. The summed E-state index contributed by atoms with van der Waals surface area (Å²) in [4.78, 5) is 26.7. The van der Waals surface area contributed by atoms with Gasteiger partial charge in [-0.15, -0.1) is 11.8 Å². The van der Waals surface area contributed by atoms with Gasteiger partial charge in [0.05, 0.1) is 6.54 Å². The van der Waals surface area contributed by atoms with Gasteiger partial charge in [0.1, 0.15) is 6.61 Å². The van der Waals surface area contributed by atoms with Crippen LogP contribution in [0.3, 0.4) is 0 Å². The van der Waals surface area contributed by atoms with E-state index in [1.54, 1.807) is 24.9 Å². The van der Waals surface area contributed by atoms with Gasteiger partial charge in [-0.1, -0.05) is 24.3 Å². The van der Waals surface area contributed by atoms with E-state index in [9.17, 15) is 9.59 Å². The van der Waals surface area contributed by atoms with Crippen LogP contribution in [0.5, 0.6) is 11.5 Å². The van der Waals surface area contributed by atoms with E-state index in [2.05, 4.69) is 0 Å². The lowest BCUT2D eigenvalue weighted by atomic mass is 10.2. The van der Waals surface area contributed by atoms with E-state index < -0.39 is 5.97 Å². The molecular weight excluding hydrogens is 390 g/mol. The Balaban J connectivity index is 1.42. The first-order chi connectivity index (χ1) is 14.0. The standard InChI is InChI=1S/C22H23NO5S/c1-23(13-17-14-26-19-5-3-4-6-20(19)28-17)21(24)15-27-22(25)12-9-16-7-10-18(29-2)11-8-16/h3-12,17H,13-15H2,1-2H3/b12-9+/t17-/m1/s1. The lowest BCUT2D eigenvalue weighted by molar-refractivity contribution is -0.148. The van der Waals surface area contributed by atoms with Crippen molar-refractivity contribution >= 4 is 29.7 Å². The molecule has 0 aliphatic carbocycles. The summed E-state index contributed by atoms with van der Waals surface area (Å²) in [6, 6.07) is 15.2. The number of ether oxygens (including phenoxy) is 3. The van der Waals surface area contributed by atoms with Gasteiger partial charge < -0.3 is 19.1 Å². The molecule has 1 aliphatic heterocycles. The van der Waals surface area contributed by atoms with Gasteiger partial charge in [0.25, 0.3) is 5.91 Å².